The second-order valence-electron chi connectivity index (χ2n) is 3.53. The fraction of sp³-hybridized carbons (Fsp3) is 0.300. The fourth-order valence-electron chi connectivity index (χ4n) is 1.05. The molecule has 1 aromatic rings. The fourth-order valence-corrected chi connectivity index (χ4v) is 1.84. The molecule has 0 fully saturated rings. The van der Waals surface area contributed by atoms with Gasteiger partial charge < -0.3 is 14.8 Å². The Hall–Kier alpha value is -2.29. The molecule has 0 aliphatic carbocycles. The van der Waals surface area contributed by atoms with Gasteiger partial charge in [0.1, 0.15) is 10.7 Å². The Labute approximate surface area is 113 Å². The quantitative estimate of drug-likeness (QED) is 0.489. The lowest BCUT2D eigenvalue weighted by Gasteiger charge is -2.05. The molecule has 0 spiro atoms. The maximum absolute atomic E-state index is 11.1. The maximum atomic E-state index is 11.1. The smallest absolute Gasteiger partial charge is 0.360 e. The van der Waals surface area contributed by atoms with E-state index in [9.17, 15) is 9.59 Å². The van der Waals surface area contributed by atoms with Crippen LogP contribution in [0.2, 0.25) is 0 Å². The number of anilines is 1. The molecular formula is C10H12N4O4S. The third-order valence-electron chi connectivity index (χ3n) is 1.82. The van der Waals surface area contributed by atoms with E-state index in [1.807, 2.05) is 0 Å². The second-order valence-corrected chi connectivity index (χ2v) is 4.49. The summed E-state index contributed by atoms with van der Waals surface area (Å²) in [5, 5.41) is 13.2. The first-order valence-corrected chi connectivity index (χ1v) is 5.82. The highest BCUT2D eigenvalue weighted by molar-refractivity contribution is 7.19. The highest BCUT2D eigenvalue weighted by Crippen LogP contribution is 2.32. The van der Waals surface area contributed by atoms with Crippen LogP contribution in [0.3, 0.4) is 0 Å². The van der Waals surface area contributed by atoms with Crippen molar-refractivity contribution in [3.8, 4) is 0 Å². The van der Waals surface area contributed by atoms with E-state index in [2.05, 4.69) is 26.7 Å². The van der Waals surface area contributed by atoms with E-state index in [1.165, 1.54) is 0 Å². The van der Waals surface area contributed by atoms with Gasteiger partial charge in [0, 0.05) is 21.0 Å². The van der Waals surface area contributed by atoms with Gasteiger partial charge in [0.15, 0.2) is 5.13 Å². The number of aromatic nitrogens is 1. The van der Waals surface area contributed by atoms with Gasteiger partial charge in [-0.1, -0.05) is 16.5 Å². The topological polar surface area (TPSA) is 104 Å². The molecule has 1 aromatic heterocycles. The van der Waals surface area contributed by atoms with E-state index in [4.69, 9.17) is 5.11 Å². The lowest BCUT2D eigenvalue weighted by molar-refractivity contribution is -0.141. The average molecular weight is 284 g/mol. The van der Waals surface area contributed by atoms with Crippen LogP contribution in [-0.2, 0) is 14.4 Å². The minimum absolute atomic E-state index is 0.0115. The van der Waals surface area contributed by atoms with Gasteiger partial charge in [-0.05, 0) is 6.72 Å². The predicted octanol–water partition coefficient (Wildman–Crippen LogP) is 0.893. The monoisotopic (exact) mass is 284 g/mol. The molecule has 0 unspecified atom stereocenters. The van der Waals surface area contributed by atoms with Crippen LogP contribution in [0.4, 0.5) is 10.1 Å². The predicted molar refractivity (Wildman–Crippen MR) is 71.6 cm³/mol. The number of aliphatic imine (C=N–C) groups is 1. The first kappa shape index (κ1) is 14.8. The summed E-state index contributed by atoms with van der Waals surface area (Å²) in [6.07, 6.45) is 0. The van der Waals surface area contributed by atoms with Crippen molar-refractivity contribution < 1.29 is 19.5 Å². The lowest BCUT2D eigenvalue weighted by Crippen LogP contribution is -2.17. The number of nitrogens with zero attached hydrogens (tertiary/aromatic N) is 4. The zero-order chi connectivity index (χ0) is 14.6. The summed E-state index contributed by atoms with van der Waals surface area (Å²) in [5.74, 6) is -2.10. The molecule has 1 rings (SSSR count). The number of rotatable bonds is 5. The SMILES string of the molecule is C=Nc1sc(N(C)C)nc1/C(=N/OC(C)=O)C(=O)O. The van der Waals surface area contributed by atoms with Gasteiger partial charge in [0.2, 0.25) is 5.71 Å². The molecule has 102 valence electrons. The molecule has 1 N–H and O–H groups in total. The molecular weight excluding hydrogens is 272 g/mol. The number of hydrogen-bond donors (Lipinski definition) is 1. The Morgan fingerprint density at radius 1 is 1.47 bits per heavy atom. The van der Waals surface area contributed by atoms with E-state index < -0.39 is 17.7 Å². The highest BCUT2D eigenvalue weighted by atomic mass is 32.1. The average Bonchev–Trinajstić information content (AvgIpc) is 2.72. The van der Waals surface area contributed by atoms with Crippen LogP contribution in [0.15, 0.2) is 10.1 Å². The van der Waals surface area contributed by atoms with Crippen LogP contribution in [-0.4, -0.2) is 48.6 Å². The van der Waals surface area contributed by atoms with E-state index >= 15 is 0 Å². The summed E-state index contributed by atoms with van der Waals surface area (Å²) >= 11 is 1.15. The van der Waals surface area contributed by atoms with Crippen molar-refractivity contribution in [1.29, 1.82) is 0 Å². The number of carboxylic acids is 1. The zero-order valence-electron chi connectivity index (χ0n) is 10.6. The zero-order valence-corrected chi connectivity index (χ0v) is 11.4. The van der Waals surface area contributed by atoms with Gasteiger partial charge in [-0.15, -0.1) is 0 Å². The minimum atomic E-state index is -1.37. The van der Waals surface area contributed by atoms with E-state index in [1.54, 1.807) is 19.0 Å². The molecule has 0 aliphatic heterocycles. The van der Waals surface area contributed by atoms with Crippen molar-refractivity contribution in [2.45, 2.75) is 6.92 Å². The van der Waals surface area contributed by atoms with Crippen molar-refractivity contribution >= 4 is 45.8 Å². The van der Waals surface area contributed by atoms with Crippen molar-refractivity contribution in [2.24, 2.45) is 10.1 Å². The standard InChI is InChI=1S/C10H12N4O4S/c1-5(15)18-13-7(9(16)17)6-8(11-2)19-10(12-6)14(3)4/h2H2,1,3-4H3,(H,16,17)/b13-7-. The van der Waals surface area contributed by atoms with E-state index in [0.29, 0.717) is 5.13 Å². The van der Waals surface area contributed by atoms with Crippen LogP contribution in [0.1, 0.15) is 12.6 Å². The van der Waals surface area contributed by atoms with Gasteiger partial charge in [-0.3, -0.25) is 4.99 Å². The summed E-state index contributed by atoms with van der Waals surface area (Å²) in [4.78, 5) is 35.6. The van der Waals surface area contributed by atoms with Crippen molar-refractivity contribution in [2.75, 3.05) is 19.0 Å². The summed E-state index contributed by atoms with van der Waals surface area (Å²) in [7, 11) is 3.50. The molecule has 0 saturated heterocycles. The maximum Gasteiger partial charge on any atom is 0.360 e. The first-order chi connectivity index (χ1) is 8.86. The minimum Gasteiger partial charge on any atom is -0.476 e. The van der Waals surface area contributed by atoms with Gasteiger partial charge in [0.25, 0.3) is 0 Å². The van der Waals surface area contributed by atoms with Crippen LogP contribution in [0, 0.1) is 0 Å². The molecule has 8 nitrogen and oxygen atoms in total. The van der Waals surface area contributed by atoms with Gasteiger partial charge in [0.05, 0.1) is 0 Å². The Bertz CT molecular complexity index is 550. The summed E-state index contributed by atoms with van der Waals surface area (Å²) < 4.78 is 0. The van der Waals surface area contributed by atoms with Gasteiger partial charge >= 0.3 is 11.9 Å². The molecule has 0 aromatic carbocycles. The molecule has 0 bridgehead atoms. The second kappa shape index (κ2) is 6.05. The highest BCUT2D eigenvalue weighted by Gasteiger charge is 2.23. The molecule has 0 atom stereocenters. The largest absolute Gasteiger partial charge is 0.476 e. The molecule has 0 amide bonds. The van der Waals surface area contributed by atoms with Crippen molar-refractivity contribution in [3.63, 3.8) is 0 Å². The van der Waals surface area contributed by atoms with Gasteiger partial charge in [-0.25, -0.2) is 14.6 Å². The third kappa shape index (κ3) is 3.58. The lowest BCUT2D eigenvalue weighted by atomic mass is 10.3. The Morgan fingerprint density at radius 3 is 2.53 bits per heavy atom. The van der Waals surface area contributed by atoms with E-state index in [-0.39, 0.29) is 10.7 Å². The summed E-state index contributed by atoms with van der Waals surface area (Å²) in [6.45, 7) is 4.46. The van der Waals surface area contributed by atoms with E-state index in [0.717, 1.165) is 18.3 Å². The Balaban J connectivity index is 3.29. The molecule has 1 heterocycles. The summed E-state index contributed by atoms with van der Waals surface area (Å²) in [5.41, 5.74) is -0.487. The number of carbonyl (C=O) groups is 2. The number of carbonyl (C=O) groups excluding carboxylic acids is 1. The Kier molecular flexibility index (Phi) is 4.70. The van der Waals surface area contributed by atoms with Gasteiger partial charge in [-0.2, -0.15) is 0 Å². The van der Waals surface area contributed by atoms with Crippen LogP contribution >= 0.6 is 11.3 Å². The molecule has 0 radical (unpaired) electrons. The first-order valence-electron chi connectivity index (χ1n) is 5.01. The summed E-state index contributed by atoms with van der Waals surface area (Å²) in [6, 6.07) is 0. The van der Waals surface area contributed by atoms with Crippen molar-refractivity contribution in [3.05, 3.63) is 5.69 Å². The Morgan fingerprint density at radius 2 is 2.11 bits per heavy atom. The number of hydrogen-bond acceptors (Lipinski definition) is 8. The normalized spacial score (nSPS) is 11.0. The van der Waals surface area contributed by atoms with Crippen molar-refractivity contribution in [1.82, 2.24) is 4.98 Å². The molecule has 19 heavy (non-hydrogen) atoms. The third-order valence-corrected chi connectivity index (χ3v) is 2.97. The number of oxime groups is 1. The van der Waals surface area contributed by atoms with Crippen LogP contribution in [0.25, 0.3) is 0 Å². The molecule has 0 saturated carbocycles. The number of aliphatic carboxylic acids is 1. The number of thiazole rings is 1. The molecule has 9 heteroatoms. The van der Waals surface area contributed by atoms with Crippen LogP contribution < -0.4 is 4.90 Å². The molecule has 0 aliphatic rings. The number of carboxylic acid groups (broad SMARTS) is 1. The van der Waals surface area contributed by atoms with Crippen LogP contribution in [0.5, 0.6) is 0 Å².